The third-order valence-corrected chi connectivity index (χ3v) is 7.91. The molecule has 43 heavy (non-hydrogen) atoms. The number of anilines is 1. The highest BCUT2D eigenvalue weighted by atomic mass is 35.5. The molecular formula is C30H28ClF3N6O3. The van der Waals surface area contributed by atoms with E-state index in [-0.39, 0.29) is 56.8 Å². The molecule has 1 N–H and O–H groups in total. The average molecular weight is 613 g/mol. The molecule has 1 saturated heterocycles. The Morgan fingerprint density at radius 2 is 1.93 bits per heavy atom. The van der Waals surface area contributed by atoms with Crippen molar-refractivity contribution in [3.63, 3.8) is 0 Å². The van der Waals surface area contributed by atoms with Crippen LogP contribution >= 0.6 is 11.6 Å². The molecule has 2 atom stereocenters. The van der Waals surface area contributed by atoms with Crippen molar-refractivity contribution in [2.24, 2.45) is 0 Å². The molecule has 9 nitrogen and oxygen atoms in total. The van der Waals surface area contributed by atoms with E-state index in [1.54, 1.807) is 30.0 Å². The number of fused-ring (bicyclic) bond motifs is 1. The Hall–Kier alpha value is -4.45. The molecule has 1 aliphatic heterocycles. The summed E-state index contributed by atoms with van der Waals surface area (Å²) in [7, 11) is 0. The van der Waals surface area contributed by atoms with Crippen LogP contribution in [0.15, 0.2) is 60.0 Å². The van der Waals surface area contributed by atoms with E-state index in [0.29, 0.717) is 30.6 Å². The van der Waals surface area contributed by atoms with Crippen molar-refractivity contribution in [2.45, 2.75) is 38.9 Å². The summed E-state index contributed by atoms with van der Waals surface area (Å²) >= 11 is 6.72. The predicted molar refractivity (Wildman–Crippen MR) is 158 cm³/mol. The molecule has 4 heterocycles. The second kappa shape index (κ2) is 11.3. The number of rotatable bonds is 5. The Morgan fingerprint density at radius 3 is 2.58 bits per heavy atom. The number of pyridine rings is 2. The number of phenolic OH excluding ortho intramolecular Hbond substituents is 1. The minimum atomic E-state index is -4.64. The van der Waals surface area contributed by atoms with Crippen molar-refractivity contribution in [1.82, 2.24) is 24.4 Å². The summed E-state index contributed by atoms with van der Waals surface area (Å²) in [5.41, 5.74) is -0.595. The van der Waals surface area contributed by atoms with Crippen LogP contribution in [0.2, 0.25) is 5.02 Å². The number of piperazine rings is 1. The molecule has 224 valence electrons. The Labute approximate surface area is 249 Å². The van der Waals surface area contributed by atoms with Crippen molar-refractivity contribution in [1.29, 1.82) is 0 Å². The number of nitrogens with zero attached hydrogens (tertiary/aromatic N) is 6. The van der Waals surface area contributed by atoms with E-state index in [1.807, 2.05) is 11.8 Å². The molecule has 1 unspecified atom stereocenters. The van der Waals surface area contributed by atoms with Gasteiger partial charge in [-0.2, -0.15) is 18.2 Å². The van der Waals surface area contributed by atoms with E-state index in [0.717, 1.165) is 11.5 Å². The first kappa shape index (κ1) is 30.0. The summed E-state index contributed by atoms with van der Waals surface area (Å²) in [5, 5.41) is 11.0. The number of aromatic nitrogens is 4. The van der Waals surface area contributed by atoms with Gasteiger partial charge in [0.1, 0.15) is 11.6 Å². The van der Waals surface area contributed by atoms with Gasteiger partial charge in [0.2, 0.25) is 5.91 Å². The number of amides is 1. The topological polar surface area (TPSA) is 104 Å². The lowest BCUT2D eigenvalue weighted by molar-refractivity contribution is -0.147. The number of alkyl halides is 3. The second-order valence-electron chi connectivity index (χ2n) is 10.4. The molecular weight excluding hydrogens is 585 g/mol. The Balaban J connectivity index is 1.83. The number of aryl methyl sites for hydroxylation is 1. The van der Waals surface area contributed by atoms with E-state index in [2.05, 4.69) is 16.5 Å². The zero-order valence-electron chi connectivity index (χ0n) is 23.6. The fraction of sp³-hybridized carbons (Fsp3) is 0.300. The summed E-state index contributed by atoms with van der Waals surface area (Å²) in [6, 6.07) is 9.08. The van der Waals surface area contributed by atoms with Crippen LogP contribution in [-0.2, 0) is 4.79 Å². The first-order chi connectivity index (χ1) is 20.3. The van der Waals surface area contributed by atoms with Gasteiger partial charge in [-0.3, -0.25) is 9.78 Å². The van der Waals surface area contributed by atoms with Gasteiger partial charge in [0.05, 0.1) is 33.4 Å². The van der Waals surface area contributed by atoms with Gasteiger partial charge >= 0.3 is 11.9 Å². The standard InChI is InChI=1S/C30H28ClF3N6O3/c1-5-23(42)38-12-13-39(17(3)15-38)27-20-14-21(31)25(19-8-6-7-9-22(19)41)36-28(20)40(29(43)37-27)26-16(2)10-11-35-24(26)18(4)30(32,33)34/h5-11,14,17-18,41H,1,12-13,15H2,2-4H3/t17-,18?/m0/s1. The highest BCUT2D eigenvalue weighted by Gasteiger charge is 2.40. The van der Waals surface area contributed by atoms with Crippen LogP contribution in [0.4, 0.5) is 19.0 Å². The Kier molecular flexibility index (Phi) is 7.91. The summed E-state index contributed by atoms with van der Waals surface area (Å²) in [4.78, 5) is 42.7. The first-order valence-corrected chi connectivity index (χ1v) is 13.8. The van der Waals surface area contributed by atoms with Crippen molar-refractivity contribution in [2.75, 3.05) is 24.5 Å². The van der Waals surface area contributed by atoms with Crippen LogP contribution in [0.5, 0.6) is 5.75 Å². The van der Waals surface area contributed by atoms with Crippen LogP contribution in [0.25, 0.3) is 28.0 Å². The number of halogens is 4. The van der Waals surface area contributed by atoms with E-state index >= 15 is 0 Å². The summed E-state index contributed by atoms with van der Waals surface area (Å²) in [6.45, 7) is 8.92. The number of para-hydroxylation sites is 1. The molecule has 0 radical (unpaired) electrons. The fourth-order valence-corrected chi connectivity index (χ4v) is 5.58. The molecule has 13 heteroatoms. The van der Waals surface area contributed by atoms with E-state index < -0.39 is 17.8 Å². The van der Waals surface area contributed by atoms with Crippen LogP contribution in [-0.4, -0.2) is 67.3 Å². The normalized spacial score (nSPS) is 16.4. The summed E-state index contributed by atoms with van der Waals surface area (Å²) < 4.78 is 43.0. The third kappa shape index (κ3) is 5.42. The second-order valence-corrected chi connectivity index (χ2v) is 10.8. The van der Waals surface area contributed by atoms with Crippen molar-refractivity contribution >= 4 is 34.4 Å². The van der Waals surface area contributed by atoms with Gasteiger partial charge in [0, 0.05) is 37.4 Å². The smallest absolute Gasteiger partial charge is 0.397 e. The first-order valence-electron chi connectivity index (χ1n) is 13.5. The molecule has 1 amide bonds. The number of aromatic hydroxyl groups is 1. The van der Waals surface area contributed by atoms with E-state index in [9.17, 15) is 27.9 Å². The number of hydrogen-bond acceptors (Lipinski definition) is 7. The minimum Gasteiger partial charge on any atom is -0.507 e. The zero-order chi connectivity index (χ0) is 31.2. The van der Waals surface area contributed by atoms with Gasteiger partial charge in [-0.15, -0.1) is 0 Å². The molecule has 1 aliphatic rings. The summed E-state index contributed by atoms with van der Waals surface area (Å²) in [6.07, 6.45) is -2.15. The molecule has 0 aliphatic carbocycles. The zero-order valence-corrected chi connectivity index (χ0v) is 24.3. The molecule has 0 saturated carbocycles. The highest BCUT2D eigenvalue weighted by Crippen LogP contribution is 2.40. The molecule has 5 rings (SSSR count). The molecule has 4 aromatic rings. The van der Waals surface area contributed by atoms with Crippen LogP contribution in [0.1, 0.15) is 31.0 Å². The van der Waals surface area contributed by atoms with Crippen molar-refractivity contribution in [3.05, 3.63) is 82.0 Å². The number of benzene rings is 1. The number of carbonyl (C=O) groups excluding carboxylic acids is 1. The van der Waals surface area contributed by atoms with Gasteiger partial charge in [0.25, 0.3) is 0 Å². The summed E-state index contributed by atoms with van der Waals surface area (Å²) in [5.74, 6) is -2.14. The Bertz CT molecular complexity index is 1810. The number of carbonyl (C=O) groups is 1. The van der Waals surface area contributed by atoms with Crippen LogP contribution in [0, 0.1) is 6.92 Å². The van der Waals surface area contributed by atoms with Crippen molar-refractivity contribution in [3.8, 4) is 22.7 Å². The number of phenols is 1. The van der Waals surface area contributed by atoms with Crippen LogP contribution in [0.3, 0.4) is 0 Å². The molecule has 1 aromatic carbocycles. The monoisotopic (exact) mass is 612 g/mol. The Morgan fingerprint density at radius 1 is 1.21 bits per heavy atom. The third-order valence-electron chi connectivity index (χ3n) is 7.63. The quantitative estimate of drug-likeness (QED) is 0.301. The predicted octanol–water partition coefficient (Wildman–Crippen LogP) is 5.40. The van der Waals surface area contributed by atoms with Crippen LogP contribution < -0.4 is 10.6 Å². The molecule has 1 fully saturated rings. The minimum absolute atomic E-state index is 0.0128. The number of hydrogen-bond donors (Lipinski definition) is 1. The maximum absolute atomic E-state index is 14.0. The maximum Gasteiger partial charge on any atom is 0.397 e. The molecule has 3 aromatic heterocycles. The van der Waals surface area contributed by atoms with E-state index in [1.165, 1.54) is 30.5 Å². The van der Waals surface area contributed by atoms with Crippen molar-refractivity contribution < 1.29 is 23.1 Å². The van der Waals surface area contributed by atoms with Gasteiger partial charge in [-0.1, -0.05) is 30.3 Å². The van der Waals surface area contributed by atoms with Gasteiger partial charge in [0.15, 0.2) is 5.65 Å². The lowest BCUT2D eigenvalue weighted by Gasteiger charge is -2.40. The maximum atomic E-state index is 14.0. The lowest BCUT2D eigenvalue weighted by Crippen LogP contribution is -2.54. The average Bonchev–Trinajstić information content (AvgIpc) is 2.96. The fourth-order valence-electron chi connectivity index (χ4n) is 5.32. The molecule has 0 bridgehead atoms. The van der Waals surface area contributed by atoms with Gasteiger partial charge in [-0.25, -0.2) is 14.3 Å². The lowest BCUT2D eigenvalue weighted by atomic mass is 10.0. The highest BCUT2D eigenvalue weighted by molar-refractivity contribution is 6.34. The van der Waals surface area contributed by atoms with E-state index in [4.69, 9.17) is 16.6 Å². The van der Waals surface area contributed by atoms with Gasteiger partial charge < -0.3 is 14.9 Å². The van der Waals surface area contributed by atoms with Gasteiger partial charge in [-0.05, 0) is 56.7 Å². The SMILES string of the molecule is C=CC(=O)N1CCN(c2nc(=O)n(-c3c(C)ccnc3C(C)C(F)(F)F)c3nc(-c4ccccc4O)c(Cl)cc23)[C@@H](C)C1. The molecule has 0 spiro atoms. The largest absolute Gasteiger partial charge is 0.507 e.